The number of aryl methyl sites for hydroxylation is 1. The zero-order valence-corrected chi connectivity index (χ0v) is 13.5. The number of carbonyl (C=O) groups excluding carboxylic acids is 1. The number of rotatable bonds is 4. The molecule has 0 aliphatic carbocycles. The predicted molar refractivity (Wildman–Crippen MR) is 86.6 cm³/mol. The Morgan fingerprint density at radius 2 is 2.35 bits per heavy atom. The van der Waals surface area contributed by atoms with Crippen LogP contribution in [0.1, 0.15) is 32.2 Å². The Bertz CT molecular complexity index is 852. The summed E-state index contributed by atoms with van der Waals surface area (Å²) in [6.07, 6.45) is 2.60. The first kappa shape index (κ1) is 14.3. The normalized spacial score (nSPS) is 13.4. The highest BCUT2D eigenvalue weighted by molar-refractivity contribution is 7.16. The molecule has 3 heterocycles. The number of imidazole rings is 1. The molecule has 1 N–H and O–H groups in total. The fraction of sp³-hybridized carbons (Fsp3) is 0.312. The molecule has 1 amide bonds. The first-order valence-corrected chi connectivity index (χ1v) is 8.31. The molecule has 0 saturated carbocycles. The second-order valence-corrected chi connectivity index (χ2v) is 6.68. The molecule has 1 aliphatic rings. The lowest BCUT2D eigenvalue weighted by Gasteiger charge is -2.07. The van der Waals surface area contributed by atoms with Crippen molar-refractivity contribution in [3.05, 3.63) is 51.8 Å². The Morgan fingerprint density at radius 1 is 1.43 bits per heavy atom. The number of hydrogen-bond donors (Lipinski definition) is 1. The SMILES string of the molecule is Cc1nn2cc(CCNC(=O)c3cccc4c3COC4)nc2s1. The number of nitrogens with zero attached hydrogens (tertiary/aromatic N) is 3. The molecule has 7 heteroatoms. The van der Waals surface area contributed by atoms with Crippen LogP contribution < -0.4 is 5.32 Å². The van der Waals surface area contributed by atoms with Crippen LogP contribution in [0.3, 0.4) is 0 Å². The molecule has 2 aromatic heterocycles. The summed E-state index contributed by atoms with van der Waals surface area (Å²) in [5, 5.41) is 8.29. The number of hydrogen-bond acceptors (Lipinski definition) is 5. The summed E-state index contributed by atoms with van der Waals surface area (Å²) in [6, 6.07) is 5.76. The van der Waals surface area contributed by atoms with Crippen LogP contribution in [0.15, 0.2) is 24.4 Å². The fourth-order valence-corrected chi connectivity index (χ4v) is 3.52. The third-order valence-corrected chi connectivity index (χ3v) is 4.72. The Morgan fingerprint density at radius 3 is 3.22 bits per heavy atom. The van der Waals surface area contributed by atoms with E-state index in [2.05, 4.69) is 15.4 Å². The van der Waals surface area contributed by atoms with Gasteiger partial charge in [0.1, 0.15) is 5.01 Å². The minimum absolute atomic E-state index is 0.0534. The smallest absolute Gasteiger partial charge is 0.251 e. The average molecular weight is 328 g/mol. The van der Waals surface area contributed by atoms with E-state index in [1.807, 2.05) is 31.3 Å². The van der Waals surface area contributed by atoms with Crippen LogP contribution in [0.5, 0.6) is 0 Å². The van der Waals surface area contributed by atoms with E-state index in [0.29, 0.717) is 31.7 Å². The van der Waals surface area contributed by atoms with Gasteiger partial charge in [0.25, 0.3) is 5.91 Å². The van der Waals surface area contributed by atoms with Crippen LogP contribution in [0.4, 0.5) is 0 Å². The van der Waals surface area contributed by atoms with Gasteiger partial charge in [-0.2, -0.15) is 5.10 Å². The molecule has 0 unspecified atom stereocenters. The molecule has 6 nitrogen and oxygen atoms in total. The number of benzene rings is 1. The van der Waals surface area contributed by atoms with Crippen molar-refractivity contribution in [3.8, 4) is 0 Å². The summed E-state index contributed by atoms with van der Waals surface area (Å²) in [7, 11) is 0. The van der Waals surface area contributed by atoms with Gasteiger partial charge in [0.2, 0.25) is 4.96 Å². The van der Waals surface area contributed by atoms with Crippen LogP contribution in [-0.4, -0.2) is 27.0 Å². The van der Waals surface area contributed by atoms with E-state index < -0.39 is 0 Å². The molecule has 0 radical (unpaired) electrons. The van der Waals surface area contributed by atoms with Gasteiger partial charge in [-0.05, 0) is 24.1 Å². The number of carbonyl (C=O) groups is 1. The quantitative estimate of drug-likeness (QED) is 0.796. The lowest BCUT2D eigenvalue weighted by Crippen LogP contribution is -2.26. The molecule has 4 rings (SSSR count). The first-order valence-electron chi connectivity index (χ1n) is 7.49. The average Bonchev–Trinajstić information content (AvgIpc) is 3.20. The van der Waals surface area contributed by atoms with E-state index in [1.54, 1.807) is 15.9 Å². The topological polar surface area (TPSA) is 68.5 Å². The van der Waals surface area contributed by atoms with Crippen LogP contribution in [0, 0.1) is 6.92 Å². The van der Waals surface area contributed by atoms with Crippen LogP contribution in [0.25, 0.3) is 4.96 Å². The van der Waals surface area contributed by atoms with Gasteiger partial charge in [0, 0.05) is 18.5 Å². The number of amides is 1. The van der Waals surface area contributed by atoms with Gasteiger partial charge < -0.3 is 10.1 Å². The second-order valence-electron chi connectivity index (χ2n) is 5.52. The van der Waals surface area contributed by atoms with E-state index in [-0.39, 0.29) is 5.91 Å². The summed E-state index contributed by atoms with van der Waals surface area (Å²) < 4.78 is 7.21. The lowest BCUT2D eigenvalue weighted by atomic mass is 10.0. The molecule has 1 aliphatic heterocycles. The van der Waals surface area contributed by atoms with E-state index in [9.17, 15) is 4.79 Å². The summed E-state index contributed by atoms with van der Waals surface area (Å²) >= 11 is 1.56. The van der Waals surface area contributed by atoms with Gasteiger partial charge in [-0.3, -0.25) is 4.79 Å². The Kier molecular flexibility index (Phi) is 3.59. The number of nitrogens with one attached hydrogen (secondary N) is 1. The maximum atomic E-state index is 12.4. The summed E-state index contributed by atoms with van der Waals surface area (Å²) in [4.78, 5) is 17.8. The number of fused-ring (bicyclic) bond motifs is 2. The van der Waals surface area contributed by atoms with Crippen molar-refractivity contribution in [1.29, 1.82) is 0 Å². The van der Waals surface area contributed by atoms with Crippen molar-refractivity contribution in [2.45, 2.75) is 26.6 Å². The maximum Gasteiger partial charge on any atom is 0.251 e. The molecule has 0 saturated heterocycles. The third kappa shape index (κ3) is 2.73. The van der Waals surface area contributed by atoms with Gasteiger partial charge in [0.15, 0.2) is 0 Å². The molecule has 3 aromatic rings. The minimum atomic E-state index is -0.0534. The number of ether oxygens (including phenoxy) is 1. The van der Waals surface area contributed by atoms with Gasteiger partial charge >= 0.3 is 0 Å². The van der Waals surface area contributed by atoms with Crippen LogP contribution >= 0.6 is 11.3 Å². The van der Waals surface area contributed by atoms with Crippen LogP contribution in [-0.2, 0) is 24.4 Å². The summed E-state index contributed by atoms with van der Waals surface area (Å²) in [5.41, 5.74) is 3.76. The highest BCUT2D eigenvalue weighted by atomic mass is 32.1. The van der Waals surface area contributed by atoms with Gasteiger partial charge in [-0.25, -0.2) is 9.50 Å². The third-order valence-electron chi connectivity index (χ3n) is 3.88. The first-order chi connectivity index (χ1) is 11.2. The molecule has 118 valence electrons. The zero-order valence-electron chi connectivity index (χ0n) is 12.7. The Hall–Kier alpha value is -2.25. The standard InChI is InChI=1S/C16H16N4O2S/c1-10-19-20-7-12(18-16(20)23-10)5-6-17-15(21)13-4-2-3-11-8-22-9-14(11)13/h2-4,7H,5-6,8-9H2,1H3,(H,17,21). The van der Waals surface area contributed by atoms with Gasteiger partial charge in [0.05, 0.1) is 25.1 Å². The Labute approximate surface area is 137 Å². The van der Waals surface area contributed by atoms with E-state index in [1.165, 1.54) is 0 Å². The largest absolute Gasteiger partial charge is 0.372 e. The van der Waals surface area contributed by atoms with Crippen molar-refractivity contribution in [2.24, 2.45) is 0 Å². The monoisotopic (exact) mass is 328 g/mol. The second kappa shape index (κ2) is 5.75. The van der Waals surface area contributed by atoms with E-state index >= 15 is 0 Å². The molecule has 0 atom stereocenters. The molecule has 23 heavy (non-hydrogen) atoms. The van der Waals surface area contributed by atoms with Crippen molar-refractivity contribution >= 4 is 22.2 Å². The Balaban J connectivity index is 1.40. The van der Waals surface area contributed by atoms with Crippen molar-refractivity contribution in [3.63, 3.8) is 0 Å². The highest BCUT2D eigenvalue weighted by Gasteiger charge is 2.19. The molecule has 0 fully saturated rings. The molecular weight excluding hydrogens is 312 g/mol. The van der Waals surface area contributed by atoms with Crippen molar-refractivity contribution in [1.82, 2.24) is 19.9 Å². The van der Waals surface area contributed by atoms with Crippen molar-refractivity contribution < 1.29 is 9.53 Å². The predicted octanol–water partition coefficient (Wildman–Crippen LogP) is 2.10. The molecule has 0 bridgehead atoms. The summed E-state index contributed by atoms with van der Waals surface area (Å²) in [5.74, 6) is -0.0534. The highest BCUT2D eigenvalue weighted by Crippen LogP contribution is 2.23. The minimum Gasteiger partial charge on any atom is -0.372 e. The number of aromatic nitrogens is 3. The molecular formula is C16H16N4O2S. The lowest BCUT2D eigenvalue weighted by molar-refractivity contribution is 0.0948. The van der Waals surface area contributed by atoms with Crippen LogP contribution in [0.2, 0.25) is 0 Å². The summed E-state index contributed by atoms with van der Waals surface area (Å²) in [6.45, 7) is 3.62. The van der Waals surface area contributed by atoms with Gasteiger partial charge in [-0.1, -0.05) is 23.5 Å². The zero-order chi connectivity index (χ0) is 15.8. The molecule has 1 aromatic carbocycles. The van der Waals surface area contributed by atoms with Gasteiger partial charge in [-0.15, -0.1) is 0 Å². The van der Waals surface area contributed by atoms with Crippen molar-refractivity contribution in [2.75, 3.05) is 6.54 Å². The maximum absolute atomic E-state index is 12.4. The fourth-order valence-electron chi connectivity index (χ4n) is 2.78. The molecule has 0 spiro atoms. The van der Waals surface area contributed by atoms with E-state index in [0.717, 1.165) is 26.8 Å². The van der Waals surface area contributed by atoms with E-state index in [4.69, 9.17) is 4.74 Å².